The van der Waals surface area contributed by atoms with E-state index in [1.165, 1.54) is 18.4 Å². The molecule has 0 aliphatic rings. The van der Waals surface area contributed by atoms with Gasteiger partial charge in [-0.05, 0) is 6.92 Å². The predicted octanol–water partition coefficient (Wildman–Crippen LogP) is 2.93. The molecule has 0 rings (SSSR count). The summed E-state index contributed by atoms with van der Waals surface area (Å²) in [5.41, 5.74) is 0.0648. The van der Waals surface area contributed by atoms with Crippen LogP contribution in [0, 0.1) is 0 Å². The van der Waals surface area contributed by atoms with Gasteiger partial charge < -0.3 is 0 Å². The lowest BCUT2D eigenvalue weighted by atomic mass is 10.4. The molecule has 0 aromatic carbocycles. The van der Waals surface area contributed by atoms with Crippen LogP contribution in [0.1, 0.15) is 20.8 Å². The van der Waals surface area contributed by atoms with Crippen molar-refractivity contribution < 1.29 is 9.90 Å². The van der Waals surface area contributed by atoms with Crippen molar-refractivity contribution in [1.82, 2.24) is 0 Å². The standard InChI is InChI=1S/C4H5O2.C4H10S2/c1-3(2)4(5)6;1-3-5-6-4-2/h1H2,2H3;3-4H2,1-2H3. The summed E-state index contributed by atoms with van der Waals surface area (Å²) in [5, 5.41) is 9.49. The van der Waals surface area contributed by atoms with Crippen molar-refractivity contribution >= 4 is 27.6 Å². The summed E-state index contributed by atoms with van der Waals surface area (Å²) in [6, 6.07) is 0. The first-order valence-electron chi connectivity index (χ1n) is 3.67. The van der Waals surface area contributed by atoms with Crippen molar-refractivity contribution in [3.05, 3.63) is 12.2 Å². The molecule has 0 aromatic heterocycles. The van der Waals surface area contributed by atoms with Gasteiger partial charge in [0.25, 0.3) is 0 Å². The van der Waals surface area contributed by atoms with Crippen molar-refractivity contribution in [2.45, 2.75) is 20.8 Å². The number of rotatable bonds is 4. The molecule has 0 bridgehead atoms. The molecule has 0 atom stereocenters. The molecule has 0 saturated heterocycles. The first-order valence-corrected chi connectivity index (χ1v) is 6.16. The zero-order valence-electron chi connectivity index (χ0n) is 7.75. The molecule has 0 aliphatic heterocycles. The van der Waals surface area contributed by atoms with E-state index in [0.29, 0.717) is 0 Å². The van der Waals surface area contributed by atoms with Crippen LogP contribution in [0.15, 0.2) is 12.2 Å². The Hall–Kier alpha value is -0.0900. The van der Waals surface area contributed by atoms with Gasteiger partial charge in [-0.2, -0.15) is 0 Å². The summed E-state index contributed by atoms with van der Waals surface area (Å²) < 4.78 is 0. The molecular weight excluding hydrogens is 192 g/mol. The van der Waals surface area contributed by atoms with Gasteiger partial charge in [0.05, 0.1) is 0 Å². The monoisotopic (exact) mass is 207 g/mol. The van der Waals surface area contributed by atoms with E-state index in [9.17, 15) is 9.90 Å². The lowest BCUT2D eigenvalue weighted by Gasteiger charge is -1.86. The van der Waals surface area contributed by atoms with Crippen LogP contribution >= 0.6 is 21.6 Å². The van der Waals surface area contributed by atoms with E-state index in [0.717, 1.165) is 0 Å². The van der Waals surface area contributed by atoms with E-state index in [1.54, 1.807) is 0 Å². The Balaban J connectivity index is 0. The third kappa shape index (κ3) is 16.5. The van der Waals surface area contributed by atoms with Gasteiger partial charge in [0.2, 0.25) is 0 Å². The van der Waals surface area contributed by atoms with E-state index in [2.05, 4.69) is 20.4 Å². The summed E-state index contributed by atoms with van der Waals surface area (Å²) in [4.78, 5) is 9.49. The van der Waals surface area contributed by atoms with Crippen LogP contribution in [0.2, 0.25) is 0 Å². The zero-order valence-corrected chi connectivity index (χ0v) is 9.39. The Bertz CT molecular complexity index is 119. The molecule has 0 N–H and O–H groups in total. The average Bonchev–Trinajstić information content (AvgIpc) is 2.02. The molecule has 0 saturated carbocycles. The van der Waals surface area contributed by atoms with Gasteiger partial charge in [0, 0.05) is 17.1 Å². The van der Waals surface area contributed by atoms with Crippen molar-refractivity contribution in [1.29, 1.82) is 0 Å². The molecule has 0 amide bonds. The topological polar surface area (TPSA) is 37.0 Å². The molecule has 71 valence electrons. The molecule has 12 heavy (non-hydrogen) atoms. The SMILES string of the molecule is C=C(C)C([O])=O.CCSSCC. The highest BCUT2D eigenvalue weighted by atomic mass is 33.1. The summed E-state index contributed by atoms with van der Waals surface area (Å²) in [6.45, 7) is 8.82. The molecule has 4 heteroatoms. The molecule has 0 spiro atoms. The van der Waals surface area contributed by atoms with Crippen molar-refractivity contribution in [2.75, 3.05) is 11.5 Å². The molecule has 0 heterocycles. The molecular formula is C8H15O2S2. The van der Waals surface area contributed by atoms with Crippen LogP contribution in [-0.2, 0) is 9.90 Å². The Kier molecular flexibility index (Phi) is 13.1. The van der Waals surface area contributed by atoms with E-state index < -0.39 is 5.97 Å². The highest BCUT2D eigenvalue weighted by molar-refractivity contribution is 8.76. The van der Waals surface area contributed by atoms with E-state index in [1.807, 2.05) is 21.6 Å². The summed E-state index contributed by atoms with van der Waals surface area (Å²) in [6.07, 6.45) is 0. The van der Waals surface area contributed by atoms with Gasteiger partial charge in [0.1, 0.15) is 0 Å². The Morgan fingerprint density at radius 1 is 1.25 bits per heavy atom. The smallest absolute Gasteiger partial charge is 0.242 e. The van der Waals surface area contributed by atoms with Crippen LogP contribution in [-0.4, -0.2) is 17.5 Å². The third-order valence-corrected chi connectivity index (χ3v) is 3.22. The van der Waals surface area contributed by atoms with Crippen LogP contribution < -0.4 is 0 Å². The summed E-state index contributed by atoms with van der Waals surface area (Å²) in [7, 11) is 3.85. The first-order chi connectivity index (χ1) is 5.56. The average molecular weight is 207 g/mol. The van der Waals surface area contributed by atoms with Crippen LogP contribution in [0.3, 0.4) is 0 Å². The summed E-state index contributed by atoms with van der Waals surface area (Å²) >= 11 is 0. The minimum Gasteiger partial charge on any atom is -0.242 e. The van der Waals surface area contributed by atoms with Gasteiger partial charge in [-0.15, -0.1) is 0 Å². The zero-order chi connectivity index (χ0) is 9.98. The fourth-order valence-electron chi connectivity index (χ4n) is 0.167. The fourth-order valence-corrected chi connectivity index (χ4v) is 1.50. The second kappa shape index (κ2) is 10.9. The molecule has 0 unspecified atom stereocenters. The largest absolute Gasteiger partial charge is 0.381 e. The minimum atomic E-state index is -1.19. The molecule has 0 aliphatic carbocycles. The van der Waals surface area contributed by atoms with Crippen molar-refractivity contribution in [3.63, 3.8) is 0 Å². The highest BCUT2D eigenvalue weighted by Gasteiger charge is 1.94. The quantitative estimate of drug-likeness (QED) is 0.404. The van der Waals surface area contributed by atoms with Crippen LogP contribution in [0.4, 0.5) is 0 Å². The number of carbonyl (C=O) groups is 1. The maximum Gasteiger partial charge on any atom is 0.381 e. The van der Waals surface area contributed by atoms with Gasteiger partial charge >= 0.3 is 5.97 Å². The Labute approximate surface area is 82.2 Å². The van der Waals surface area contributed by atoms with Crippen molar-refractivity contribution in [2.24, 2.45) is 0 Å². The fraction of sp³-hybridized carbons (Fsp3) is 0.625. The second-order valence-corrected chi connectivity index (χ2v) is 4.92. The Morgan fingerprint density at radius 3 is 1.58 bits per heavy atom. The molecule has 1 radical (unpaired) electrons. The normalized spacial score (nSPS) is 8.25. The van der Waals surface area contributed by atoms with Crippen molar-refractivity contribution in [3.8, 4) is 0 Å². The maximum absolute atomic E-state index is 9.49. The lowest BCUT2D eigenvalue weighted by molar-refractivity contribution is -0.138. The van der Waals surface area contributed by atoms with Crippen LogP contribution in [0.5, 0.6) is 0 Å². The third-order valence-electron chi connectivity index (χ3n) is 0.667. The van der Waals surface area contributed by atoms with Gasteiger partial charge in [-0.3, -0.25) is 0 Å². The van der Waals surface area contributed by atoms with E-state index in [4.69, 9.17) is 0 Å². The van der Waals surface area contributed by atoms with Gasteiger partial charge in [0.15, 0.2) is 0 Å². The first kappa shape index (κ1) is 14.4. The van der Waals surface area contributed by atoms with E-state index >= 15 is 0 Å². The van der Waals surface area contributed by atoms with Crippen LogP contribution in [0.25, 0.3) is 0 Å². The summed E-state index contributed by atoms with van der Waals surface area (Å²) in [5.74, 6) is 1.28. The maximum atomic E-state index is 9.49. The number of hydrogen-bond donors (Lipinski definition) is 0. The second-order valence-electron chi connectivity index (χ2n) is 1.88. The molecule has 0 aromatic rings. The van der Waals surface area contributed by atoms with E-state index in [-0.39, 0.29) is 5.57 Å². The highest BCUT2D eigenvalue weighted by Crippen LogP contribution is 2.18. The molecule has 0 fully saturated rings. The molecule has 2 nitrogen and oxygen atoms in total. The van der Waals surface area contributed by atoms with Gasteiger partial charge in [-0.1, -0.05) is 42.0 Å². The Morgan fingerprint density at radius 2 is 1.50 bits per heavy atom. The minimum absolute atomic E-state index is 0.0648. The van der Waals surface area contributed by atoms with Gasteiger partial charge in [-0.25, -0.2) is 9.90 Å². The predicted molar refractivity (Wildman–Crippen MR) is 56.8 cm³/mol. The number of hydrogen-bond acceptors (Lipinski definition) is 3. The lowest BCUT2D eigenvalue weighted by Crippen LogP contribution is -1.89. The number of carbonyl (C=O) groups excluding carboxylic acids is 1.